The summed E-state index contributed by atoms with van der Waals surface area (Å²) >= 11 is 0. The van der Waals surface area contributed by atoms with E-state index >= 15 is 0 Å². The zero-order valence-corrected chi connectivity index (χ0v) is 55.7. The van der Waals surface area contributed by atoms with E-state index < -0.39 is 35.8 Å². The van der Waals surface area contributed by atoms with Gasteiger partial charge in [-0.15, -0.1) is 0 Å². The Morgan fingerprint density at radius 2 is 0.533 bits per heavy atom. The Morgan fingerprint density at radius 1 is 0.315 bits per heavy atom. The second kappa shape index (κ2) is 42.8. The van der Waals surface area contributed by atoms with E-state index in [9.17, 15) is 28.8 Å². The van der Waals surface area contributed by atoms with Gasteiger partial charge in [-0.25, -0.2) is 28.8 Å². The van der Waals surface area contributed by atoms with E-state index in [-0.39, 0.29) is 52.9 Å². The van der Waals surface area contributed by atoms with Crippen molar-refractivity contribution in [3.63, 3.8) is 0 Å². The molecular weight excluding hydrogens is 1170 g/mol. The van der Waals surface area contributed by atoms with Crippen LogP contribution in [0.1, 0.15) is 197 Å². The predicted octanol–water partition coefficient (Wildman–Crippen LogP) is 14.4. The molecule has 0 spiro atoms. The number of rotatable bonds is 42. The second-order valence-corrected chi connectivity index (χ2v) is 23.1. The minimum Gasteiger partial charge on any atom is -0.489 e. The van der Waals surface area contributed by atoms with Gasteiger partial charge in [-0.2, -0.15) is 0 Å². The molecule has 16 nitrogen and oxygen atoms in total. The number of methoxy groups -OCH3 is 2. The first-order valence-corrected chi connectivity index (χ1v) is 33.3. The first-order valence-electron chi connectivity index (χ1n) is 33.3. The molecule has 0 atom stereocenters. The summed E-state index contributed by atoms with van der Waals surface area (Å²) in [5, 5.41) is 0. The van der Waals surface area contributed by atoms with Gasteiger partial charge in [0, 0.05) is 62.1 Å². The van der Waals surface area contributed by atoms with Crippen LogP contribution in [0.5, 0.6) is 23.0 Å². The number of esters is 6. The molecule has 0 heterocycles. The summed E-state index contributed by atoms with van der Waals surface area (Å²) in [7, 11) is 2.46. The number of carbonyl (C=O) groups excluding carboxylic acids is 6. The van der Waals surface area contributed by atoms with Crippen molar-refractivity contribution in [3.05, 3.63) is 165 Å². The summed E-state index contributed by atoms with van der Waals surface area (Å²) < 4.78 is 59.5. The third kappa shape index (κ3) is 26.6. The maximum Gasteiger partial charge on any atom is 0.331 e. The number of benzene rings is 4. The molecule has 1 aliphatic rings. The van der Waals surface area contributed by atoms with Gasteiger partial charge in [-0.05, 0) is 118 Å². The van der Waals surface area contributed by atoms with Crippen molar-refractivity contribution in [2.45, 2.75) is 182 Å². The van der Waals surface area contributed by atoms with Crippen LogP contribution in [0.3, 0.4) is 0 Å². The van der Waals surface area contributed by atoms with E-state index in [1.165, 1.54) is 14.2 Å². The Bertz CT molecular complexity index is 2790. The lowest BCUT2D eigenvalue weighted by Gasteiger charge is -2.25. The quantitative estimate of drug-likeness (QED) is 0.0155. The number of hydrogen-bond donors (Lipinski definition) is 0. The number of fused-ring (bicyclic) bond motifs is 8. The van der Waals surface area contributed by atoms with E-state index in [1.807, 2.05) is 0 Å². The molecule has 0 saturated heterocycles. The molecule has 8 bridgehead atoms. The van der Waals surface area contributed by atoms with Crippen LogP contribution < -0.4 is 18.9 Å². The lowest BCUT2D eigenvalue weighted by atomic mass is 9.87. The molecule has 0 aromatic heterocycles. The molecule has 4 aromatic rings. The van der Waals surface area contributed by atoms with Gasteiger partial charge in [0.2, 0.25) is 0 Å². The van der Waals surface area contributed by atoms with Crippen LogP contribution in [-0.2, 0) is 109 Å². The Morgan fingerprint density at radius 3 is 0.739 bits per heavy atom. The van der Waals surface area contributed by atoms with Gasteiger partial charge in [0.1, 0.15) is 75.9 Å². The van der Waals surface area contributed by atoms with E-state index in [2.05, 4.69) is 89.4 Å². The minimum absolute atomic E-state index is 0.0310. The average Bonchev–Trinajstić information content (AvgIpc) is 0.783. The van der Waals surface area contributed by atoms with Crippen LogP contribution in [-0.4, -0.2) is 103 Å². The van der Waals surface area contributed by atoms with Crippen molar-refractivity contribution in [2.75, 3.05) is 67.1 Å². The fraction of sp³-hybridized carbons (Fsp3) is 0.500. The average molecular weight is 1270 g/mol. The first kappa shape index (κ1) is 74.6. The third-order valence-corrected chi connectivity index (χ3v) is 15.8. The Kier molecular flexibility index (Phi) is 34.7. The standard InChI is InChI=1S/C76H100O16/c1-9-15-19-23-27-55-43-59-51-63-47-57(29-25-21-17-11-3)49-65(75(63)91-41-37-87-71(81)33-31-69(79)83-7)53-61-45-56(28-24-20-16-10-2)46-62(74(61)90-40-36-86-68(78)14-6)54-66-50-58(30-26-22-18-12-4)48-64(52-60(44-55)73(59)89-39-35-85-67(77)13-5)76(66)92-42-38-88-72(82)34-32-70(80)84-8/h13-14,31-34,43-50H,5-6,9-12,15-30,35-42,51-54H2,1-4,7-8H3/b33-31-,34-32-. The SMILES string of the molecule is C=CC(=O)OCCOc1c2cc(CCCCCC)cc1Cc1cc(CCCCCC)cc(c1OCCOC(=O)/C=C\C(=O)OC)Cc1cc(CCCCCC)cc(c1OCCOC(=O)C=C)Cc1cc(CCCCCC)cc(c1OCCOC(=O)/C=C\C(=O)OC)C2. The molecule has 1 aliphatic carbocycles. The Balaban J connectivity index is 1.92. The zero-order chi connectivity index (χ0) is 66.3. The molecule has 92 heavy (non-hydrogen) atoms. The summed E-state index contributed by atoms with van der Waals surface area (Å²) in [6.45, 7) is 15.7. The highest BCUT2D eigenvalue weighted by Crippen LogP contribution is 2.42. The molecule has 0 saturated carbocycles. The predicted molar refractivity (Wildman–Crippen MR) is 357 cm³/mol. The molecule has 0 amide bonds. The van der Waals surface area contributed by atoms with Gasteiger partial charge < -0.3 is 47.4 Å². The van der Waals surface area contributed by atoms with Gasteiger partial charge in [-0.3, -0.25) is 0 Å². The van der Waals surface area contributed by atoms with Crippen molar-refractivity contribution >= 4 is 35.8 Å². The van der Waals surface area contributed by atoms with E-state index in [0.29, 0.717) is 48.7 Å². The topological polar surface area (TPSA) is 195 Å². The zero-order valence-electron chi connectivity index (χ0n) is 55.7. The lowest BCUT2D eigenvalue weighted by Crippen LogP contribution is -2.16. The Labute approximate surface area is 546 Å². The van der Waals surface area contributed by atoms with Crippen LogP contribution in [0.15, 0.2) is 98.1 Å². The van der Waals surface area contributed by atoms with Gasteiger partial charge in [-0.1, -0.05) is 166 Å². The Hall–Kier alpha value is -8.14. The van der Waals surface area contributed by atoms with Gasteiger partial charge in [0.15, 0.2) is 0 Å². The van der Waals surface area contributed by atoms with E-state index in [1.54, 1.807) is 0 Å². The molecule has 16 heteroatoms. The molecule has 500 valence electrons. The van der Waals surface area contributed by atoms with E-state index in [4.69, 9.17) is 47.4 Å². The van der Waals surface area contributed by atoms with Crippen LogP contribution >= 0.6 is 0 Å². The van der Waals surface area contributed by atoms with Crippen LogP contribution in [0.25, 0.3) is 0 Å². The fourth-order valence-electron chi connectivity index (χ4n) is 11.3. The van der Waals surface area contributed by atoms with Gasteiger partial charge in [0.05, 0.1) is 14.2 Å². The van der Waals surface area contributed by atoms with E-state index in [0.717, 1.165) is 232 Å². The highest BCUT2D eigenvalue weighted by Gasteiger charge is 2.26. The smallest absolute Gasteiger partial charge is 0.331 e. The maximum atomic E-state index is 12.9. The number of aryl methyl sites for hydroxylation is 4. The number of hydrogen-bond acceptors (Lipinski definition) is 16. The highest BCUT2D eigenvalue weighted by atomic mass is 16.6. The molecule has 0 fully saturated rings. The molecule has 0 unspecified atom stereocenters. The molecule has 4 aromatic carbocycles. The van der Waals surface area contributed by atoms with Crippen LogP contribution in [0, 0.1) is 0 Å². The summed E-state index contributed by atoms with van der Waals surface area (Å²) in [6.07, 6.45) is 27.6. The first-order chi connectivity index (χ1) is 44.8. The molecular formula is C76H100O16. The van der Waals surface area contributed by atoms with Crippen LogP contribution in [0.4, 0.5) is 0 Å². The van der Waals surface area contributed by atoms with Gasteiger partial charge >= 0.3 is 35.8 Å². The van der Waals surface area contributed by atoms with Gasteiger partial charge in [0.25, 0.3) is 0 Å². The second-order valence-electron chi connectivity index (χ2n) is 23.1. The third-order valence-electron chi connectivity index (χ3n) is 15.8. The fourth-order valence-corrected chi connectivity index (χ4v) is 11.3. The van der Waals surface area contributed by atoms with Crippen molar-refractivity contribution < 1.29 is 76.1 Å². The normalized spacial score (nSPS) is 11.8. The highest BCUT2D eigenvalue weighted by molar-refractivity contribution is 5.92. The summed E-state index contributed by atoms with van der Waals surface area (Å²) in [5.41, 5.74) is 11.5. The molecule has 0 radical (unpaired) electrons. The number of unbranched alkanes of at least 4 members (excludes halogenated alkanes) is 12. The van der Waals surface area contributed by atoms with Crippen molar-refractivity contribution in [3.8, 4) is 23.0 Å². The largest absolute Gasteiger partial charge is 0.489 e. The molecule has 0 N–H and O–H groups in total. The van der Waals surface area contributed by atoms with Crippen molar-refractivity contribution in [1.29, 1.82) is 0 Å². The minimum atomic E-state index is -0.730. The number of ether oxygens (including phenoxy) is 10. The lowest BCUT2D eigenvalue weighted by molar-refractivity contribution is -0.140. The van der Waals surface area contributed by atoms with Crippen molar-refractivity contribution in [1.82, 2.24) is 0 Å². The number of carbonyl (C=O) groups is 6. The monoisotopic (exact) mass is 1270 g/mol. The summed E-state index contributed by atoms with van der Waals surface area (Å²) in [5.74, 6) is -1.53. The summed E-state index contributed by atoms with van der Waals surface area (Å²) in [4.78, 5) is 74.6. The molecule has 5 rings (SSSR count). The van der Waals surface area contributed by atoms with Crippen molar-refractivity contribution in [2.24, 2.45) is 0 Å². The maximum absolute atomic E-state index is 12.9. The molecule has 0 aliphatic heterocycles. The summed E-state index contributed by atoms with van der Waals surface area (Å²) in [6, 6.07) is 17.8. The van der Waals surface area contributed by atoms with Crippen LogP contribution in [0.2, 0.25) is 0 Å².